The molecule has 0 aromatic heterocycles. The molecule has 0 spiro atoms. The van der Waals surface area contributed by atoms with Gasteiger partial charge in [-0.2, -0.15) is 0 Å². The lowest BCUT2D eigenvalue weighted by Gasteiger charge is -2.28. The molecule has 0 bridgehead atoms. The van der Waals surface area contributed by atoms with E-state index in [0.29, 0.717) is 0 Å². The van der Waals surface area contributed by atoms with E-state index in [2.05, 4.69) is 42.4 Å². The first kappa shape index (κ1) is 9.02. The molecule has 0 saturated carbocycles. The van der Waals surface area contributed by atoms with Crippen LogP contribution >= 0.6 is 0 Å². The largest absolute Gasteiger partial charge is 0.380 e. The second-order valence-electron chi connectivity index (χ2n) is 4.76. The molecule has 1 aliphatic heterocycles. The van der Waals surface area contributed by atoms with Gasteiger partial charge < -0.3 is 4.90 Å². The van der Waals surface area contributed by atoms with Crippen molar-refractivity contribution in [3.8, 4) is 0 Å². The van der Waals surface area contributed by atoms with Gasteiger partial charge in [0, 0.05) is 19.5 Å². The highest BCUT2D eigenvalue weighted by Gasteiger charge is 2.24. The van der Waals surface area contributed by atoms with E-state index in [9.17, 15) is 0 Å². The number of benzene rings is 1. The van der Waals surface area contributed by atoms with Gasteiger partial charge in [-0.1, -0.05) is 18.2 Å². The van der Waals surface area contributed by atoms with Crippen LogP contribution in [0.2, 0.25) is 0 Å². The van der Waals surface area contributed by atoms with Crippen molar-refractivity contribution in [3.05, 3.63) is 41.1 Å². The third kappa shape index (κ3) is 1.46. The SMILES string of the molecule is CN1C=Cc2cccc3c2C(CCC3)C1. The molecule has 78 valence electrons. The molecule has 2 aliphatic rings. The first-order chi connectivity index (χ1) is 7.34. The lowest BCUT2D eigenvalue weighted by Crippen LogP contribution is -2.21. The smallest absolute Gasteiger partial charge is 0.0238 e. The predicted octanol–water partition coefficient (Wildman–Crippen LogP) is 3.02. The maximum absolute atomic E-state index is 2.32. The Bertz CT molecular complexity index is 406. The van der Waals surface area contributed by atoms with Crippen molar-refractivity contribution in [2.24, 2.45) is 0 Å². The van der Waals surface area contributed by atoms with Gasteiger partial charge in [0.05, 0.1) is 0 Å². The molecule has 1 heterocycles. The van der Waals surface area contributed by atoms with E-state index in [-0.39, 0.29) is 0 Å². The lowest BCUT2D eigenvalue weighted by molar-refractivity contribution is 0.390. The molecule has 15 heavy (non-hydrogen) atoms. The van der Waals surface area contributed by atoms with Gasteiger partial charge in [0.1, 0.15) is 0 Å². The number of rotatable bonds is 0. The summed E-state index contributed by atoms with van der Waals surface area (Å²) in [5, 5.41) is 0. The van der Waals surface area contributed by atoms with E-state index in [1.54, 1.807) is 11.1 Å². The minimum absolute atomic E-state index is 0.755. The molecule has 0 N–H and O–H groups in total. The third-order valence-corrected chi connectivity index (χ3v) is 3.65. The Morgan fingerprint density at radius 1 is 1.33 bits per heavy atom. The van der Waals surface area contributed by atoms with Crippen molar-refractivity contribution < 1.29 is 0 Å². The van der Waals surface area contributed by atoms with Gasteiger partial charge in [0.25, 0.3) is 0 Å². The summed E-state index contributed by atoms with van der Waals surface area (Å²) >= 11 is 0. The third-order valence-electron chi connectivity index (χ3n) is 3.65. The van der Waals surface area contributed by atoms with Crippen molar-refractivity contribution in [2.45, 2.75) is 25.2 Å². The molecule has 3 rings (SSSR count). The van der Waals surface area contributed by atoms with Crippen molar-refractivity contribution in [1.82, 2.24) is 4.90 Å². The molecule has 1 atom stereocenters. The van der Waals surface area contributed by atoms with Crippen LogP contribution in [0.1, 0.15) is 35.4 Å². The van der Waals surface area contributed by atoms with Gasteiger partial charge in [0.15, 0.2) is 0 Å². The van der Waals surface area contributed by atoms with Crippen LogP contribution in [-0.4, -0.2) is 18.5 Å². The molecule has 1 heteroatoms. The van der Waals surface area contributed by atoms with Crippen LogP contribution < -0.4 is 0 Å². The second-order valence-corrected chi connectivity index (χ2v) is 4.76. The van der Waals surface area contributed by atoms with Gasteiger partial charge in [-0.3, -0.25) is 0 Å². The van der Waals surface area contributed by atoms with E-state index >= 15 is 0 Å². The van der Waals surface area contributed by atoms with E-state index in [0.717, 1.165) is 5.92 Å². The normalized spacial score (nSPS) is 23.5. The van der Waals surface area contributed by atoms with Crippen molar-refractivity contribution >= 4 is 6.08 Å². The number of likely N-dealkylation sites (N-methyl/N-ethyl adjacent to an activating group) is 1. The molecule has 0 amide bonds. The van der Waals surface area contributed by atoms with Crippen LogP contribution in [0.4, 0.5) is 0 Å². The highest BCUT2D eigenvalue weighted by atomic mass is 15.1. The molecular weight excluding hydrogens is 182 g/mol. The molecule has 1 aliphatic carbocycles. The topological polar surface area (TPSA) is 3.24 Å². The van der Waals surface area contributed by atoms with Crippen LogP contribution in [0.5, 0.6) is 0 Å². The first-order valence-corrected chi connectivity index (χ1v) is 5.85. The Kier molecular flexibility index (Phi) is 2.05. The Labute approximate surface area is 91.4 Å². The van der Waals surface area contributed by atoms with E-state index in [4.69, 9.17) is 0 Å². The monoisotopic (exact) mass is 199 g/mol. The van der Waals surface area contributed by atoms with Crippen LogP contribution in [-0.2, 0) is 6.42 Å². The van der Waals surface area contributed by atoms with E-state index in [1.165, 1.54) is 31.4 Å². The Morgan fingerprint density at radius 3 is 3.20 bits per heavy atom. The fourth-order valence-electron chi connectivity index (χ4n) is 2.98. The molecule has 1 aromatic carbocycles. The van der Waals surface area contributed by atoms with Crippen LogP contribution in [0, 0.1) is 0 Å². The highest BCUT2D eigenvalue weighted by Crippen LogP contribution is 2.36. The average molecular weight is 199 g/mol. The van der Waals surface area contributed by atoms with Crippen molar-refractivity contribution in [2.75, 3.05) is 13.6 Å². The summed E-state index contributed by atoms with van der Waals surface area (Å²) in [5.41, 5.74) is 4.66. The van der Waals surface area contributed by atoms with Crippen LogP contribution in [0.25, 0.3) is 6.08 Å². The molecule has 0 fully saturated rings. The molecule has 0 radical (unpaired) electrons. The predicted molar refractivity (Wildman–Crippen MR) is 63.8 cm³/mol. The standard InChI is InChI=1S/C14H17N/c1-15-9-8-12-6-2-4-11-5-3-7-13(10-15)14(11)12/h2,4,6,8-9,13H,3,5,7,10H2,1H3. The number of hydrogen-bond acceptors (Lipinski definition) is 1. The van der Waals surface area contributed by atoms with E-state index < -0.39 is 0 Å². The molecule has 1 nitrogen and oxygen atoms in total. The zero-order valence-corrected chi connectivity index (χ0v) is 9.24. The summed E-state index contributed by atoms with van der Waals surface area (Å²) in [6, 6.07) is 6.77. The molecular formula is C14H17N. The fourth-order valence-corrected chi connectivity index (χ4v) is 2.98. The Morgan fingerprint density at radius 2 is 2.27 bits per heavy atom. The lowest BCUT2D eigenvalue weighted by atomic mass is 9.80. The quantitative estimate of drug-likeness (QED) is 0.621. The molecule has 0 saturated heterocycles. The maximum Gasteiger partial charge on any atom is 0.0238 e. The minimum atomic E-state index is 0.755. The number of nitrogens with zero attached hydrogens (tertiary/aromatic N) is 1. The Balaban J connectivity index is 2.16. The van der Waals surface area contributed by atoms with Crippen LogP contribution in [0.15, 0.2) is 24.4 Å². The highest BCUT2D eigenvalue weighted by molar-refractivity contribution is 5.58. The summed E-state index contributed by atoms with van der Waals surface area (Å²) < 4.78 is 0. The molecule has 1 aromatic rings. The summed E-state index contributed by atoms with van der Waals surface area (Å²) in [7, 11) is 2.18. The van der Waals surface area contributed by atoms with Gasteiger partial charge in [-0.05, 0) is 48.2 Å². The summed E-state index contributed by atoms with van der Waals surface area (Å²) in [6.07, 6.45) is 8.47. The molecule has 1 unspecified atom stereocenters. The summed E-state index contributed by atoms with van der Waals surface area (Å²) in [5.74, 6) is 0.755. The second kappa shape index (κ2) is 3.41. The average Bonchev–Trinajstić information content (AvgIpc) is 2.41. The first-order valence-electron chi connectivity index (χ1n) is 5.85. The van der Waals surface area contributed by atoms with Crippen molar-refractivity contribution in [1.29, 1.82) is 0 Å². The minimum Gasteiger partial charge on any atom is -0.380 e. The van der Waals surface area contributed by atoms with Gasteiger partial charge >= 0.3 is 0 Å². The number of aryl methyl sites for hydroxylation is 1. The van der Waals surface area contributed by atoms with Gasteiger partial charge in [-0.25, -0.2) is 0 Å². The zero-order chi connectivity index (χ0) is 10.3. The van der Waals surface area contributed by atoms with E-state index in [1.807, 2.05) is 0 Å². The summed E-state index contributed by atoms with van der Waals surface area (Å²) in [6.45, 7) is 1.18. The maximum atomic E-state index is 2.32. The fraction of sp³-hybridized carbons (Fsp3) is 0.429. The van der Waals surface area contributed by atoms with Gasteiger partial charge in [-0.15, -0.1) is 0 Å². The van der Waals surface area contributed by atoms with Crippen LogP contribution in [0.3, 0.4) is 0 Å². The zero-order valence-electron chi connectivity index (χ0n) is 9.24. The Hall–Kier alpha value is -1.24. The van der Waals surface area contributed by atoms with Crippen molar-refractivity contribution in [3.63, 3.8) is 0 Å². The van der Waals surface area contributed by atoms with Gasteiger partial charge in [0.2, 0.25) is 0 Å². The number of hydrogen-bond donors (Lipinski definition) is 0. The summed E-state index contributed by atoms with van der Waals surface area (Å²) in [4.78, 5) is 2.32.